The predicted octanol–water partition coefficient (Wildman–Crippen LogP) is 15.4. The highest BCUT2D eigenvalue weighted by molar-refractivity contribution is 7.47. The first-order valence-corrected chi connectivity index (χ1v) is 27.9. The Kier molecular flexibility index (Phi) is 48.9. The second-order valence-corrected chi connectivity index (χ2v) is 18.0. The van der Waals surface area contributed by atoms with E-state index in [1.165, 1.54) is 0 Å². The van der Waals surface area contributed by atoms with Gasteiger partial charge in [-0.2, -0.15) is 0 Å². The van der Waals surface area contributed by atoms with E-state index in [2.05, 4.69) is 142 Å². The number of allylic oxidation sites excluding steroid dienone is 25. The number of ether oxygens (including phenoxy) is 3. The second kappa shape index (κ2) is 52.4. The van der Waals surface area contributed by atoms with E-state index < -0.39 is 64.4 Å². The van der Waals surface area contributed by atoms with Crippen LogP contribution < -0.4 is 0 Å². The lowest BCUT2D eigenvalue weighted by Crippen LogP contribution is -2.30. The number of rotatable bonds is 46. The molecule has 0 aliphatic carbocycles. The molecule has 0 saturated carbocycles. The molecule has 0 fully saturated rings. The molecule has 0 amide bonds. The molecule has 0 radical (unpaired) electrons. The Labute approximate surface area is 434 Å². The first kappa shape index (κ1) is 67.1. The smallest absolute Gasteiger partial charge is 0.462 e. The summed E-state index contributed by atoms with van der Waals surface area (Å²) in [5.74, 6) is -1.76. The zero-order chi connectivity index (χ0) is 52.7. The summed E-state index contributed by atoms with van der Waals surface area (Å²) in [6.45, 7) is 4.03. The second-order valence-electron chi connectivity index (χ2n) is 16.6. The van der Waals surface area contributed by atoms with Gasteiger partial charge in [0.25, 0.3) is 0 Å². The van der Waals surface area contributed by atoms with Crippen molar-refractivity contribution in [1.29, 1.82) is 0 Å². The lowest BCUT2D eigenvalue weighted by molar-refractivity contribution is -0.161. The summed E-state index contributed by atoms with van der Waals surface area (Å²) < 4.78 is 39.2. The van der Waals surface area contributed by atoms with Crippen LogP contribution in [0.5, 0.6) is 0 Å². The Morgan fingerprint density at radius 1 is 0.403 bits per heavy atom. The Morgan fingerprint density at radius 3 is 1.19 bits per heavy atom. The molecule has 0 aromatic rings. The number of carbonyl (C=O) groups excluding carboxylic acids is 3. The van der Waals surface area contributed by atoms with Crippen molar-refractivity contribution in [2.24, 2.45) is 0 Å². The summed E-state index contributed by atoms with van der Waals surface area (Å²) in [6, 6.07) is 0. The number of unbranched alkanes of at least 4 members (excludes halogenated alkanes) is 4. The third-order valence-corrected chi connectivity index (χ3v) is 10.9. The third-order valence-electron chi connectivity index (χ3n) is 9.97. The molecule has 12 heteroatoms. The lowest BCUT2D eigenvalue weighted by atomic mass is 10.1. The molecule has 0 rings (SSSR count). The van der Waals surface area contributed by atoms with Gasteiger partial charge in [-0.05, 0) is 109 Å². The minimum atomic E-state index is -4.80. The summed E-state index contributed by atoms with van der Waals surface area (Å²) in [7, 11) is -4.80. The summed E-state index contributed by atoms with van der Waals surface area (Å²) in [5, 5.41) is 9.77. The van der Waals surface area contributed by atoms with E-state index in [4.69, 9.17) is 23.3 Å². The van der Waals surface area contributed by atoms with Crippen LogP contribution in [0.3, 0.4) is 0 Å². The van der Waals surface area contributed by atoms with E-state index in [1.54, 1.807) is 6.08 Å². The van der Waals surface area contributed by atoms with Crippen molar-refractivity contribution in [2.45, 2.75) is 174 Å². The van der Waals surface area contributed by atoms with Gasteiger partial charge in [-0.15, -0.1) is 0 Å². The molecule has 0 bridgehead atoms. The topological polar surface area (TPSA) is 155 Å². The van der Waals surface area contributed by atoms with Gasteiger partial charge in [0.2, 0.25) is 0 Å². The maximum atomic E-state index is 12.9. The van der Waals surface area contributed by atoms with Crippen molar-refractivity contribution >= 4 is 25.7 Å². The Balaban J connectivity index is 4.97. The van der Waals surface area contributed by atoms with Gasteiger partial charge in [0, 0.05) is 12.8 Å². The SMILES string of the molecule is CC/C=C\C/C=C\C/C=C\C/C=C\C/C=C\CC(=O)OC(CO)COP(=O)(O)OCC(COC(=O)CC/C=C\C/C=C\C/C=C\C/C=C\CC)OC(=O)CCCCCC/C=C\C/C=C\C/C=C\C/C=C\CC. The first-order chi connectivity index (χ1) is 35.2. The lowest BCUT2D eigenvalue weighted by Gasteiger charge is -2.21. The number of hydrogen-bond acceptors (Lipinski definition) is 10. The molecule has 11 nitrogen and oxygen atoms in total. The van der Waals surface area contributed by atoms with Gasteiger partial charge in [-0.1, -0.05) is 192 Å². The van der Waals surface area contributed by atoms with Crippen LogP contribution in [0.1, 0.15) is 162 Å². The van der Waals surface area contributed by atoms with Crippen molar-refractivity contribution in [1.82, 2.24) is 0 Å². The standard InChI is InChI=1S/C60H91O11P/c1-4-7-10-13-16-19-22-25-27-28-30-33-36-39-42-45-48-51-60(64)71-57(53-67-58(62)49-46-43-40-37-34-31-24-21-18-15-12-9-6-3)55-69-72(65,66)68-54-56(52-61)70-59(63)50-47-44-41-38-35-32-29-26-23-20-17-14-11-8-5-2/h7-12,16-21,25-27,29-31,33-35,38,40,43-44,47,56-57,61H,4-6,13-15,22-24,28,32,36-37,39,41-42,45-46,48-55H2,1-3H3,(H,65,66)/b10-7-,11-8-,12-9-,19-16-,20-17-,21-18-,27-25-,29-26-,33-30-,34-31-,38-35-,43-40-,47-44-. The monoisotopic (exact) mass is 1020 g/mol. The van der Waals surface area contributed by atoms with Gasteiger partial charge < -0.3 is 24.2 Å². The molecule has 72 heavy (non-hydrogen) atoms. The summed E-state index contributed by atoms with van der Waals surface area (Å²) in [4.78, 5) is 48.3. The summed E-state index contributed by atoms with van der Waals surface area (Å²) >= 11 is 0. The van der Waals surface area contributed by atoms with Crippen molar-refractivity contribution < 1.29 is 52.2 Å². The van der Waals surface area contributed by atoms with Crippen LogP contribution in [0.25, 0.3) is 0 Å². The quantitative estimate of drug-likeness (QED) is 0.0197. The number of esters is 3. The highest BCUT2D eigenvalue weighted by Gasteiger charge is 2.28. The van der Waals surface area contributed by atoms with Crippen LogP contribution in [0.2, 0.25) is 0 Å². The number of aliphatic hydroxyl groups excluding tert-OH is 1. The molecule has 0 aromatic heterocycles. The van der Waals surface area contributed by atoms with Gasteiger partial charge in [0.15, 0.2) is 6.10 Å². The molecule has 0 heterocycles. The molecule has 0 aliphatic heterocycles. The zero-order valence-electron chi connectivity index (χ0n) is 44.1. The summed E-state index contributed by atoms with van der Waals surface area (Å²) in [5.41, 5.74) is 0. The van der Waals surface area contributed by atoms with Crippen LogP contribution in [0.15, 0.2) is 158 Å². The Bertz CT molecular complexity index is 1810. The Hall–Kier alpha value is -4.90. The van der Waals surface area contributed by atoms with E-state index in [-0.39, 0.29) is 19.3 Å². The minimum absolute atomic E-state index is 0.0709. The molecule has 0 spiro atoms. The average Bonchev–Trinajstić information content (AvgIpc) is 3.37. The van der Waals surface area contributed by atoms with Gasteiger partial charge in [0.1, 0.15) is 12.7 Å². The third kappa shape index (κ3) is 50.1. The minimum Gasteiger partial charge on any atom is -0.462 e. The number of hydrogen-bond donors (Lipinski definition) is 2. The number of phosphoric ester groups is 1. The van der Waals surface area contributed by atoms with E-state index >= 15 is 0 Å². The molecule has 0 saturated heterocycles. The van der Waals surface area contributed by atoms with Gasteiger partial charge in [-0.3, -0.25) is 23.4 Å². The van der Waals surface area contributed by atoms with Crippen molar-refractivity contribution in [3.05, 3.63) is 158 Å². The van der Waals surface area contributed by atoms with Crippen LogP contribution >= 0.6 is 7.82 Å². The largest absolute Gasteiger partial charge is 0.472 e. The van der Waals surface area contributed by atoms with E-state index in [1.807, 2.05) is 30.4 Å². The fourth-order valence-corrected chi connectivity index (χ4v) is 6.86. The van der Waals surface area contributed by atoms with Crippen LogP contribution in [-0.4, -0.2) is 66.5 Å². The van der Waals surface area contributed by atoms with E-state index in [0.29, 0.717) is 19.3 Å². The average molecular weight is 1020 g/mol. The molecular formula is C60H91O11P. The van der Waals surface area contributed by atoms with Crippen molar-refractivity contribution in [3.63, 3.8) is 0 Å². The Morgan fingerprint density at radius 2 is 0.764 bits per heavy atom. The maximum Gasteiger partial charge on any atom is 0.472 e. The normalized spacial score (nSPS) is 14.7. The van der Waals surface area contributed by atoms with Crippen LogP contribution in [-0.2, 0) is 42.2 Å². The van der Waals surface area contributed by atoms with Gasteiger partial charge in [0.05, 0.1) is 26.2 Å². The van der Waals surface area contributed by atoms with Gasteiger partial charge in [-0.25, -0.2) is 4.57 Å². The maximum absolute atomic E-state index is 12.9. The molecule has 0 aromatic carbocycles. The molecule has 2 N–H and O–H groups in total. The van der Waals surface area contributed by atoms with Crippen LogP contribution in [0.4, 0.5) is 0 Å². The number of phosphoric acid groups is 1. The van der Waals surface area contributed by atoms with Crippen molar-refractivity contribution in [3.8, 4) is 0 Å². The molecule has 3 atom stereocenters. The van der Waals surface area contributed by atoms with E-state index in [0.717, 1.165) is 103 Å². The highest BCUT2D eigenvalue weighted by Crippen LogP contribution is 2.43. The van der Waals surface area contributed by atoms with Crippen molar-refractivity contribution in [2.75, 3.05) is 26.4 Å². The van der Waals surface area contributed by atoms with Gasteiger partial charge >= 0.3 is 25.7 Å². The van der Waals surface area contributed by atoms with E-state index in [9.17, 15) is 28.9 Å². The fraction of sp³-hybridized carbons (Fsp3) is 0.517. The molecular weight excluding hydrogens is 928 g/mol. The molecule has 0 aliphatic rings. The zero-order valence-corrected chi connectivity index (χ0v) is 45.0. The molecule has 3 unspecified atom stereocenters. The fourth-order valence-electron chi connectivity index (χ4n) is 6.08. The highest BCUT2D eigenvalue weighted by atomic mass is 31.2. The number of carbonyl (C=O) groups is 3. The summed E-state index contributed by atoms with van der Waals surface area (Å²) in [6.07, 6.45) is 68.3. The van der Waals surface area contributed by atoms with Crippen LogP contribution in [0, 0.1) is 0 Å². The predicted molar refractivity (Wildman–Crippen MR) is 297 cm³/mol. The molecule has 402 valence electrons. The number of aliphatic hydroxyl groups is 1. The first-order valence-electron chi connectivity index (χ1n) is 26.4.